The van der Waals surface area contributed by atoms with Crippen LogP contribution in [0.25, 0.3) is 0 Å². The molecule has 4 atom stereocenters. The quantitative estimate of drug-likeness (QED) is 0.352. The van der Waals surface area contributed by atoms with E-state index in [0.29, 0.717) is 22.9 Å². The molecule has 9 heteroatoms. The molecule has 202 valence electrons. The van der Waals surface area contributed by atoms with E-state index >= 15 is 0 Å². The number of amides is 1. The summed E-state index contributed by atoms with van der Waals surface area (Å²) in [7, 11) is -3.33. The van der Waals surface area contributed by atoms with Gasteiger partial charge in [0, 0.05) is 22.0 Å². The van der Waals surface area contributed by atoms with Crippen LogP contribution in [0.2, 0.25) is 10.0 Å². The van der Waals surface area contributed by atoms with E-state index in [0.717, 1.165) is 11.1 Å². The number of piperidine rings is 1. The lowest BCUT2D eigenvalue weighted by Crippen LogP contribution is -2.56. The number of carboxylic acids is 1. The number of carbonyl (C=O) groups excluding carboxylic acids is 1. The molecule has 0 radical (unpaired) electrons. The number of benzene rings is 2. The van der Waals surface area contributed by atoms with Crippen LogP contribution in [-0.4, -0.2) is 47.3 Å². The minimum absolute atomic E-state index is 0.0578. The van der Waals surface area contributed by atoms with Gasteiger partial charge in [0.05, 0.1) is 28.9 Å². The maximum Gasteiger partial charge on any atom is 0.304 e. The Morgan fingerprint density at radius 1 is 1.11 bits per heavy atom. The second-order valence-corrected chi connectivity index (χ2v) is 14.0. The number of halogens is 2. The average Bonchev–Trinajstić information content (AvgIpc) is 2.82. The highest BCUT2D eigenvalue weighted by Gasteiger charge is 2.52. The Bertz CT molecular complexity index is 1230. The van der Waals surface area contributed by atoms with Crippen LogP contribution in [0.3, 0.4) is 0 Å². The molecule has 1 unspecified atom stereocenters. The van der Waals surface area contributed by atoms with Crippen molar-refractivity contribution in [1.82, 2.24) is 4.90 Å². The summed E-state index contributed by atoms with van der Waals surface area (Å²) in [5.74, 6) is -1.65. The first-order chi connectivity index (χ1) is 17.3. The highest BCUT2D eigenvalue weighted by molar-refractivity contribution is 7.91. The second kappa shape index (κ2) is 11.7. The molecule has 0 saturated carbocycles. The maximum atomic E-state index is 14.2. The number of rotatable bonds is 10. The van der Waals surface area contributed by atoms with Crippen LogP contribution < -0.4 is 0 Å². The first-order valence-electron chi connectivity index (χ1n) is 12.6. The number of sulfone groups is 1. The number of carbonyl (C=O) groups is 2. The lowest BCUT2D eigenvalue weighted by Gasteiger charge is -2.52. The summed E-state index contributed by atoms with van der Waals surface area (Å²) in [6, 6.07) is 13.9. The van der Waals surface area contributed by atoms with E-state index in [-0.39, 0.29) is 30.4 Å². The summed E-state index contributed by atoms with van der Waals surface area (Å²) >= 11 is 12.5. The first-order valence-corrected chi connectivity index (χ1v) is 15.0. The maximum absolute atomic E-state index is 14.2. The number of aliphatic carboxylic acids is 1. The molecule has 0 aliphatic carbocycles. The van der Waals surface area contributed by atoms with E-state index in [1.807, 2.05) is 37.3 Å². The smallest absolute Gasteiger partial charge is 0.304 e. The number of hydrogen-bond donors (Lipinski definition) is 1. The van der Waals surface area contributed by atoms with Crippen molar-refractivity contribution in [3.63, 3.8) is 0 Å². The fraction of sp³-hybridized carbons (Fsp3) is 0.500. The number of nitrogens with zero attached hydrogens (tertiary/aromatic N) is 1. The van der Waals surface area contributed by atoms with E-state index in [4.69, 9.17) is 23.2 Å². The normalized spacial score (nSPS) is 23.3. The van der Waals surface area contributed by atoms with E-state index in [1.54, 1.807) is 43.9 Å². The van der Waals surface area contributed by atoms with Gasteiger partial charge in [-0.1, -0.05) is 61.3 Å². The van der Waals surface area contributed by atoms with Crippen LogP contribution in [0.5, 0.6) is 0 Å². The molecule has 1 fully saturated rings. The predicted molar refractivity (Wildman–Crippen MR) is 148 cm³/mol. The number of hydrogen-bond acceptors (Lipinski definition) is 4. The van der Waals surface area contributed by atoms with Crippen molar-refractivity contribution in [2.45, 2.75) is 76.6 Å². The fourth-order valence-electron chi connectivity index (χ4n) is 5.36. The molecule has 0 bridgehead atoms. The van der Waals surface area contributed by atoms with Crippen molar-refractivity contribution in [1.29, 1.82) is 0 Å². The molecule has 2 aromatic rings. The Morgan fingerprint density at radius 2 is 1.76 bits per heavy atom. The third-order valence-electron chi connectivity index (χ3n) is 7.45. The molecule has 1 aliphatic rings. The molecule has 6 nitrogen and oxygen atoms in total. The average molecular weight is 569 g/mol. The molecule has 37 heavy (non-hydrogen) atoms. The van der Waals surface area contributed by atoms with Gasteiger partial charge in [0.15, 0.2) is 9.84 Å². The van der Waals surface area contributed by atoms with Gasteiger partial charge in [-0.25, -0.2) is 8.42 Å². The molecule has 1 amide bonds. The summed E-state index contributed by atoms with van der Waals surface area (Å²) in [6.45, 7) is 6.93. The number of carboxylic acid groups (broad SMARTS) is 1. The Balaban J connectivity index is 2.20. The summed E-state index contributed by atoms with van der Waals surface area (Å²) < 4.78 is 25.4. The lowest BCUT2D eigenvalue weighted by molar-refractivity contribution is -0.160. The van der Waals surface area contributed by atoms with Gasteiger partial charge in [0.2, 0.25) is 5.91 Å². The summed E-state index contributed by atoms with van der Waals surface area (Å²) in [4.78, 5) is 27.9. The minimum Gasteiger partial charge on any atom is -0.481 e. The van der Waals surface area contributed by atoms with Crippen LogP contribution in [0.1, 0.15) is 76.5 Å². The van der Waals surface area contributed by atoms with Crippen molar-refractivity contribution in [2.75, 3.05) is 5.75 Å². The molecule has 1 aliphatic heterocycles. The van der Waals surface area contributed by atoms with E-state index in [2.05, 4.69) is 0 Å². The molecule has 1 heterocycles. The van der Waals surface area contributed by atoms with Gasteiger partial charge in [0.1, 0.15) is 0 Å². The molecular weight excluding hydrogens is 533 g/mol. The van der Waals surface area contributed by atoms with Gasteiger partial charge < -0.3 is 10.0 Å². The van der Waals surface area contributed by atoms with Crippen LogP contribution in [-0.2, 0) is 19.4 Å². The van der Waals surface area contributed by atoms with Gasteiger partial charge in [-0.3, -0.25) is 9.59 Å². The SMILES string of the molecule is CC[C@@H](CCS(=O)(=O)C(C)C)N1C(=O)[C@@](C)(CC(=O)O)CC(c2cccc(Cl)c2)[C@H]1c1ccc(Cl)cc1. The van der Waals surface area contributed by atoms with E-state index < -0.39 is 38.6 Å². The van der Waals surface area contributed by atoms with E-state index in [9.17, 15) is 23.1 Å². The van der Waals surface area contributed by atoms with Gasteiger partial charge in [-0.15, -0.1) is 0 Å². The summed E-state index contributed by atoms with van der Waals surface area (Å²) in [5, 5.41) is 10.3. The van der Waals surface area contributed by atoms with E-state index in [1.165, 1.54) is 0 Å². The summed E-state index contributed by atoms with van der Waals surface area (Å²) in [6.07, 6.45) is 0.767. The molecule has 2 aromatic carbocycles. The Labute approximate surface area is 229 Å². The van der Waals surface area contributed by atoms with Gasteiger partial charge >= 0.3 is 5.97 Å². The van der Waals surface area contributed by atoms with Crippen LogP contribution in [0.4, 0.5) is 0 Å². The van der Waals surface area contributed by atoms with Crippen molar-refractivity contribution in [2.24, 2.45) is 5.41 Å². The van der Waals surface area contributed by atoms with Crippen molar-refractivity contribution < 1.29 is 23.1 Å². The monoisotopic (exact) mass is 567 g/mol. The highest BCUT2D eigenvalue weighted by atomic mass is 35.5. The van der Waals surface area contributed by atoms with Crippen LogP contribution in [0.15, 0.2) is 48.5 Å². The molecule has 1 saturated heterocycles. The third-order valence-corrected chi connectivity index (χ3v) is 10.2. The topological polar surface area (TPSA) is 91.8 Å². The predicted octanol–water partition coefficient (Wildman–Crippen LogP) is 6.52. The van der Waals surface area contributed by atoms with Crippen LogP contribution in [0, 0.1) is 5.41 Å². The van der Waals surface area contributed by atoms with Gasteiger partial charge in [-0.2, -0.15) is 0 Å². The van der Waals surface area contributed by atoms with Crippen molar-refractivity contribution >= 4 is 44.9 Å². The largest absolute Gasteiger partial charge is 0.481 e. The standard InChI is InChI=1S/C28H35Cl2NO5S/c1-5-23(13-14-37(35,36)18(2)3)31-26(19-9-11-21(29)12-10-19)24(20-7-6-8-22(30)15-20)16-28(4,27(31)34)17-25(32)33/h6-12,15,18,23-24,26H,5,13-14,16-17H2,1-4H3,(H,32,33)/t23-,24?,26+,28+/m0/s1. The van der Waals surface area contributed by atoms with Crippen molar-refractivity contribution in [3.8, 4) is 0 Å². The molecule has 0 aromatic heterocycles. The molecular formula is C28H35Cl2NO5S. The second-order valence-electron chi connectivity index (χ2n) is 10.5. The first kappa shape index (κ1) is 29.5. The Hall–Kier alpha value is -2.09. The minimum atomic E-state index is -3.33. The van der Waals surface area contributed by atoms with Gasteiger partial charge in [0.25, 0.3) is 0 Å². The zero-order valence-electron chi connectivity index (χ0n) is 21.7. The highest BCUT2D eigenvalue weighted by Crippen LogP contribution is 2.52. The lowest BCUT2D eigenvalue weighted by atomic mass is 9.67. The van der Waals surface area contributed by atoms with Gasteiger partial charge in [-0.05, 0) is 68.5 Å². The Kier molecular flexibility index (Phi) is 9.36. The zero-order valence-corrected chi connectivity index (χ0v) is 24.0. The Morgan fingerprint density at radius 3 is 2.30 bits per heavy atom. The zero-order chi connectivity index (χ0) is 27.5. The molecule has 1 N–H and O–H groups in total. The van der Waals surface area contributed by atoms with Crippen molar-refractivity contribution in [3.05, 3.63) is 69.7 Å². The van der Waals surface area contributed by atoms with Crippen LogP contribution >= 0.6 is 23.2 Å². The summed E-state index contributed by atoms with van der Waals surface area (Å²) in [5.41, 5.74) is 0.572. The molecule has 3 rings (SSSR count). The third kappa shape index (κ3) is 6.68. The molecule has 0 spiro atoms. The fourth-order valence-corrected chi connectivity index (χ4v) is 6.75. The number of likely N-dealkylation sites (tertiary alicyclic amines) is 1.